The van der Waals surface area contributed by atoms with E-state index in [1.54, 1.807) is 0 Å². The van der Waals surface area contributed by atoms with Gasteiger partial charge in [-0.3, -0.25) is 0 Å². The Morgan fingerprint density at radius 3 is 3.05 bits per heavy atom. The number of likely N-dealkylation sites (N-methyl/N-ethyl adjacent to an activating group) is 1. The van der Waals surface area contributed by atoms with E-state index in [2.05, 4.69) is 41.5 Å². The van der Waals surface area contributed by atoms with Gasteiger partial charge in [0, 0.05) is 25.7 Å². The second-order valence-corrected chi connectivity index (χ2v) is 5.81. The molecule has 2 aliphatic rings. The van der Waals surface area contributed by atoms with Crippen molar-refractivity contribution in [1.82, 2.24) is 10.2 Å². The van der Waals surface area contributed by atoms with Crippen LogP contribution in [0.4, 0.5) is 0 Å². The molecule has 3 heteroatoms. The summed E-state index contributed by atoms with van der Waals surface area (Å²) in [7, 11) is 2.21. The molecule has 2 aliphatic heterocycles. The highest BCUT2D eigenvalue weighted by molar-refractivity contribution is 5.32. The molecule has 0 radical (unpaired) electrons. The second kappa shape index (κ2) is 6.04. The molecule has 3 nitrogen and oxygen atoms in total. The number of hydrogen-bond donors (Lipinski definition) is 1. The summed E-state index contributed by atoms with van der Waals surface area (Å²) in [5.41, 5.74) is 2.99. The lowest BCUT2D eigenvalue weighted by Gasteiger charge is -2.31. The zero-order chi connectivity index (χ0) is 13.1. The Morgan fingerprint density at radius 1 is 1.32 bits per heavy atom. The fraction of sp³-hybridized carbons (Fsp3) is 0.625. The number of hydrogen-bond acceptors (Lipinski definition) is 3. The summed E-state index contributed by atoms with van der Waals surface area (Å²) in [5, 5.41) is 3.65. The van der Waals surface area contributed by atoms with Crippen LogP contribution < -0.4 is 5.32 Å². The van der Waals surface area contributed by atoms with Gasteiger partial charge in [-0.15, -0.1) is 0 Å². The van der Waals surface area contributed by atoms with Gasteiger partial charge < -0.3 is 15.0 Å². The summed E-state index contributed by atoms with van der Waals surface area (Å²) >= 11 is 0. The zero-order valence-corrected chi connectivity index (χ0v) is 11.8. The fourth-order valence-corrected chi connectivity index (χ4v) is 3.28. The van der Waals surface area contributed by atoms with Crippen LogP contribution in [0.15, 0.2) is 24.3 Å². The molecular weight excluding hydrogens is 236 g/mol. The third-order valence-electron chi connectivity index (χ3n) is 4.25. The van der Waals surface area contributed by atoms with Gasteiger partial charge >= 0.3 is 0 Å². The normalized spacial score (nSPS) is 26.6. The summed E-state index contributed by atoms with van der Waals surface area (Å²) in [6, 6.07) is 9.31. The smallest absolute Gasteiger partial charge is 0.0702 e. The van der Waals surface area contributed by atoms with Gasteiger partial charge in [0.1, 0.15) is 0 Å². The van der Waals surface area contributed by atoms with Crippen molar-refractivity contribution < 1.29 is 4.74 Å². The van der Waals surface area contributed by atoms with Gasteiger partial charge in [-0.1, -0.05) is 24.3 Å². The molecule has 3 rings (SSSR count). The number of rotatable bonds is 4. The Balaban J connectivity index is 1.60. The average Bonchev–Trinajstić information content (AvgIpc) is 2.92. The van der Waals surface area contributed by atoms with E-state index in [0.29, 0.717) is 12.1 Å². The first-order valence-electron chi connectivity index (χ1n) is 7.44. The van der Waals surface area contributed by atoms with Gasteiger partial charge in [-0.25, -0.2) is 0 Å². The lowest BCUT2D eigenvalue weighted by Crippen LogP contribution is -2.39. The minimum atomic E-state index is 0.448. The van der Waals surface area contributed by atoms with Gasteiger partial charge in [0.2, 0.25) is 0 Å². The van der Waals surface area contributed by atoms with Gasteiger partial charge in [0.25, 0.3) is 0 Å². The van der Waals surface area contributed by atoms with Crippen LogP contribution in [-0.4, -0.2) is 44.3 Å². The molecule has 0 aromatic heterocycles. The Hall–Kier alpha value is -0.900. The topological polar surface area (TPSA) is 24.5 Å². The van der Waals surface area contributed by atoms with Gasteiger partial charge in [0.15, 0.2) is 0 Å². The van der Waals surface area contributed by atoms with E-state index >= 15 is 0 Å². The number of fused-ring (bicyclic) bond motifs is 1. The van der Waals surface area contributed by atoms with Crippen molar-refractivity contribution in [3.63, 3.8) is 0 Å². The van der Waals surface area contributed by atoms with Crippen molar-refractivity contribution in [3.05, 3.63) is 35.4 Å². The van der Waals surface area contributed by atoms with Crippen LogP contribution in [0.1, 0.15) is 30.0 Å². The molecule has 2 heterocycles. The lowest BCUT2D eigenvalue weighted by atomic mass is 9.94. The van der Waals surface area contributed by atoms with E-state index in [9.17, 15) is 0 Å². The third kappa shape index (κ3) is 3.16. The molecule has 1 fully saturated rings. The first-order valence-corrected chi connectivity index (χ1v) is 7.44. The van der Waals surface area contributed by atoms with E-state index in [1.165, 1.54) is 24.0 Å². The number of nitrogens with zero attached hydrogens (tertiary/aromatic N) is 1. The Labute approximate surface area is 115 Å². The molecule has 19 heavy (non-hydrogen) atoms. The van der Waals surface area contributed by atoms with Crippen molar-refractivity contribution in [3.8, 4) is 0 Å². The SMILES string of the molecule is CN(CC1CCCO1)CC1NCCc2ccccc21. The van der Waals surface area contributed by atoms with E-state index in [4.69, 9.17) is 4.74 Å². The van der Waals surface area contributed by atoms with E-state index in [-0.39, 0.29) is 0 Å². The second-order valence-electron chi connectivity index (χ2n) is 5.81. The minimum absolute atomic E-state index is 0.448. The molecule has 0 aliphatic carbocycles. The number of benzene rings is 1. The van der Waals surface area contributed by atoms with Crippen molar-refractivity contribution >= 4 is 0 Å². The Morgan fingerprint density at radius 2 is 2.21 bits per heavy atom. The highest BCUT2D eigenvalue weighted by Crippen LogP contribution is 2.23. The zero-order valence-electron chi connectivity index (χ0n) is 11.8. The van der Waals surface area contributed by atoms with E-state index < -0.39 is 0 Å². The molecule has 1 saturated heterocycles. The van der Waals surface area contributed by atoms with Gasteiger partial charge in [-0.05, 0) is 44.0 Å². The predicted octanol–water partition coefficient (Wildman–Crippen LogP) is 1.98. The quantitative estimate of drug-likeness (QED) is 0.896. The maximum atomic E-state index is 5.72. The lowest BCUT2D eigenvalue weighted by molar-refractivity contribution is 0.0782. The first-order chi connectivity index (χ1) is 9.33. The van der Waals surface area contributed by atoms with Crippen molar-refractivity contribution in [2.24, 2.45) is 0 Å². The van der Waals surface area contributed by atoms with Crippen LogP contribution in [0.5, 0.6) is 0 Å². The summed E-state index contributed by atoms with van der Waals surface area (Å²) < 4.78 is 5.72. The largest absolute Gasteiger partial charge is 0.377 e. The molecule has 1 aromatic rings. The maximum absolute atomic E-state index is 5.72. The third-order valence-corrected chi connectivity index (χ3v) is 4.25. The molecule has 2 atom stereocenters. The fourth-order valence-electron chi connectivity index (χ4n) is 3.28. The summed E-state index contributed by atoms with van der Waals surface area (Å²) in [5.74, 6) is 0. The first kappa shape index (κ1) is 13.1. The Bertz CT molecular complexity index is 415. The minimum Gasteiger partial charge on any atom is -0.377 e. The molecule has 1 N–H and O–H groups in total. The van der Waals surface area contributed by atoms with Crippen LogP contribution in [0.25, 0.3) is 0 Å². The number of ether oxygens (including phenoxy) is 1. The summed E-state index contributed by atoms with van der Waals surface area (Å²) in [4.78, 5) is 2.41. The van der Waals surface area contributed by atoms with Gasteiger partial charge in [0.05, 0.1) is 6.10 Å². The predicted molar refractivity (Wildman–Crippen MR) is 77.4 cm³/mol. The van der Waals surface area contributed by atoms with Gasteiger partial charge in [-0.2, -0.15) is 0 Å². The van der Waals surface area contributed by atoms with Crippen molar-refractivity contribution in [1.29, 1.82) is 0 Å². The summed E-state index contributed by atoms with van der Waals surface area (Å²) in [6.45, 7) is 4.16. The highest BCUT2D eigenvalue weighted by Gasteiger charge is 2.23. The maximum Gasteiger partial charge on any atom is 0.0702 e. The molecule has 0 amide bonds. The molecule has 0 spiro atoms. The highest BCUT2D eigenvalue weighted by atomic mass is 16.5. The number of nitrogens with one attached hydrogen (secondary N) is 1. The Kier molecular flexibility index (Phi) is 4.16. The van der Waals surface area contributed by atoms with Crippen molar-refractivity contribution in [2.75, 3.05) is 33.3 Å². The van der Waals surface area contributed by atoms with E-state index in [1.807, 2.05) is 0 Å². The molecule has 1 aromatic carbocycles. The average molecular weight is 260 g/mol. The molecule has 0 saturated carbocycles. The molecule has 104 valence electrons. The molecular formula is C16H24N2O. The van der Waals surface area contributed by atoms with Crippen LogP contribution in [0, 0.1) is 0 Å². The molecule has 2 unspecified atom stereocenters. The summed E-state index contributed by atoms with van der Waals surface area (Å²) in [6.07, 6.45) is 4.05. The van der Waals surface area contributed by atoms with Crippen LogP contribution in [-0.2, 0) is 11.2 Å². The van der Waals surface area contributed by atoms with Crippen LogP contribution in [0.3, 0.4) is 0 Å². The standard InChI is InChI=1S/C16H24N2O/c1-18(11-14-6-4-10-19-14)12-16-15-7-3-2-5-13(15)8-9-17-16/h2-3,5,7,14,16-17H,4,6,8-12H2,1H3. The van der Waals surface area contributed by atoms with Crippen LogP contribution in [0.2, 0.25) is 0 Å². The monoisotopic (exact) mass is 260 g/mol. The van der Waals surface area contributed by atoms with Crippen LogP contribution >= 0.6 is 0 Å². The molecule has 0 bridgehead atoms. The van der Waals surface area contributed by atoms with Crippen molar-refractivity contribution in [2.45, 2.75) is 31.4 Å². The van der Waals surface area contributed by atoms with E-state index in [0.717, 1.165) is 32.7 Å².